The van der Waals surface area contributed by atoms with Gasteiger partial charge in [0, 0.05) is 29.4 Å². The van der Waals surface area contributed by atoms with Gasteiger partial charge in [-0.3, -0.25) is 9.59 Å². The summed E-state index contributed by atoms with van der Waals surface area (Å²) in [6, 6.07) is -2.88. The summed E-state index contributed by atoms with van der Waals surface area (Å²) in [6.07, 6.45) is -66.9. The summed E-state index contributed by atoms with van der Waals surface area (Å²) in [5.74, 6) is -4.06. The molecular weight excluding hydrogens is 1240 g/mol. The Kier molecular flexibility index (Phi) is 26.0. The molecule has 21 aliphatic rings. The van der Waals surface area contributed by atoms with Gasteiger partial charge in [-0.1, -0.05) is 0 Å². The minimum atomic E-state index is -2.25. The van der Waals surface area contributed by atoms with Gasteiger partial charge in [0.2, 0.25) is 0 Å². The van der Waals surface area contributed by atoms with Gasteiger partial charge in [-0.15, -0.1) is 0 Å². The minimum Gasteiger partial charge on any atom is -0.480 e. The molecule has 24 N–H and O–H groups in total. The molecule has 38 nitrogen and oxygen atoms in total. The van der Waals surface area contributed by atoms with Crippen molar-refractivity contribution in [2.75, 3.05) is 56.0 Å². The van der Waals surface area contributed by atoms with Crippen molar-refractivity contribution in [3.8, 4) is 0 Å². The molecule has 40 heteroatoms. The Balaban J connectivity index is 1.10. The largest absolute Gasteiger partial charge is 0.480 e. The maximum atomic E-state index is 11.7. The molecule has 36 atom stereocenters. The van der Waals surface area contributed by atoms with Crippen molar-refractivity contribution in [1.82, 2.24) is 0 Å². The van der Waals surface area contributed by atoms with Gasteiger partial charge in [0.05, 0.1) is 51.3 Å². The van der Waals surface area contributed by atoms with E-state index in [9.17, 15) is 112 Å². The molecule has 0 aliphatic carbocycles. The van der Waals surface area contributed by atoms with Gasteiger partial charge < -0.3 is 180 Å². The lowest BCUT2D eigenvalue weighted by Gasteiger charge is -2.50. The summed E-state index contributed by atoms with van der Waals surface area (Å²) in [7, 11) is 0. The molecular formula is C48H80N2O36S2. The molecule has 0 aromatic rings. The van der Waals surface area contributed by atoms with Crippen molar-refractivity contribution in [1.29, 1.82) is 0 Å². The fourth-order valence-electron chi connectivity index (χ4n) is 11.2. The number of nitrogens with two attached hydrogens (primary N) is 2. The molecule has 0 radical (unpaired) electrons. The van der Waals surface area contributed by atoms with E-state index in [0.29, 0.717) is 0 Å². The molecule has 0 aromatic carbocycles. The molecule has 21 heterocycles. The van der Waals surface area contributed by atoms with Crippen LogP contribution in [-0.2, 0) is 75.9 Å². The quantitative estimate of drug-likeness (QED) is 0.0724. The number of hydrogen-bond acceptors (Lipinski definition) is 38. The fraction of sp³-hybridized carbons (Fsp3) is 0.958. The lowest BCUT2D eigenvalue weighted by atomic mass is 9.95. The van der Waals surface area contributed by atoms with Crippen LogP contribution < -0.4 is 11.5 Å². The second-order valence-corrected chi connectivity index (χ2v) is 24.3. The van der Waals surface area contributed by atoms with Crippen molar-refractivity contribution in [2.24, 2.45) is 11.5 Å². The van der Waals surface area contributed by atoms with Gasteiger partial charge in [0.1, 0.15) is 159 Å². The van der Waals surface area contributed by atoms with Crippen LogP contribution in [0, 0.1) is 0 Å². The highest BCUT2D eigenvalue weighted by molar-refractivity contribution is 7.99. The normalized spacial score (nSPS) is 49.7. The van der Waals surface area contributed by atoms with Crippen LogP contribution in [0.3, 0.4) is 0 Å². The number of carboxylic acid groups (broad SMARTS) is 2. The minimum absolute atomic E-state index is 0.266. The molecule has 88 heavy (non-hydrogen) atoms. The van der Waals surface area contributed by atoms with E-state index in [2.05, 4.69) is 0 Å². The molecule has 21 saturated heterocycles. The maximum Gasteiger partial charge on any atom is 0.321 e. The zero-order chi connectivity index (χ0) is 64.3. The van der Waals surface area contributed by atoms with E-state index in [4.69, 9.17) is 77.8 Å². The summed E-state index contributed by atoms with van der Waals surface area (Å²) in [5.41, 5.74) is 11.4. The first-order valence-electron chi connectivity index (χ1n) is 27.9. The smallest absolute Gasteiger partial charge is 0.321 e. The molecule has 0 saturated carbocycles. The third-order valence-electron chi connectivity index (χ3n) is 16.1. The van der Waals surface area contributed by atoms with Crippen molar-refractivity contribution in [3.05, 3.63) is 0 Å². The predicted molar refractivity (Wildman–Crippen MR) is 279 cm³/mol. The van der Waals surface area contributed by atoms with E-state index in [1.165, 1.54) is 0 Å². The average molecular weight is 1330 g/mol. The Morgan fingerprint density at radius 1 is 0.330 bits per heavy atom. The van der Waals surface area contributed by atoms with Crippen molar-refractivity contribution >= 4 is 35.5 Å². The van der Waals surface area contributed by atoms with Crippen LogP contribution in [0.1, 0.15) is 6.42 Å². The van der Waals surface area contributed by atoms with Crippen molar-refractivity contribution < 1.29 is 178 Å². The highest BCUT2D eigenvalue weighted by Gasteiger charge is 2.59. The third kappa shape index (κ3) is 15.8. The number of rotatable bonds is 15. The number of hydrogen-bond donors (Lipinski definition) is 22. The Morgan fingerprint density at radius 3 is 0.818 bits per heavy atom. The van der Waals surface area contributed by atoms with Crippen LogP contribution >= 0.6 is 23.5 Å². The fourth-order valence-corrected chi connectivity index (χ4v) is 13.2. The van der Waals surface area contributed by atoms with Gasteiger partial charge in [0.25, 0.3) is 0 Å². The molecule has 0 spiro atoms. The van der Waals surface area contributed by atoms with Crippen LogP contribution in [0.25, 0.3) is 0 Å². The van der Waals surface area contributed by atoms with E-state index in [1.807, 2.05) is 0 Å². The highest BCUT2D eigenvalue weighted by atomic mass is 32.2. The standard InChI is InChI=1S/C48H80N2O36S2/c49-11(41(69)70)7-87-9-19-39-26(61)32(67)47(78-19)84-37-17(5-54)75-45(29(64)23(37)58)83-36-16(4-53)77-46(31(66)25(36)60)86-40-20(10-88-8-12(50)42(71)72)79-48(33(68)27(40)62)85-38-18(6-55)76-44(30(65)24(38)59)82-35-15(3-52)74-43(28(63)22(35)57)81-34-13(56)1-21(80-39)73-14(34)2-51/h11-40,43-48,51-68H,1-10,49-50H2,(H,69,70)(H,71,72)/t11-,12-,13-,14?,15?,16?,17?,18?,19?,20?,21+,22-,23-,24-,25-,26-,27-,28?,29?,30?,31?,32?,33?,34+,35-,36-,37-,38-,39-,40-,43-,44-,45+,46+,47-,48+/m1/s1. The molecule has 13 unspecified atom stereocenters. The highest BCUT2D eigenvalue weighted by Crippen LogP contribution is 2.39. The lowest BCUT2D eigenvalue weighted by molar-refractivity contribution is -0.394. The first-order chi connectivity index (χ1) is 41.8. The second kappa shape index (κ2) is 31.7. The van der Waals surface area contributed by atoms with E-state index in [1.54, 1.807) is 0 Å². The SMILES string of the molecule is N[C@H](CSCC1O[C@@H]2O[C@@H]3C(CO)O[C@@H](O[C@@H]4C(CO)O[C@@H](O[C@@H]5C(CSC[C@@H](N)C(=O)O)O[C@@H](O[C@@H]6C(CO)O[C@H](O[C@@H]7C(CO)O[C@H](O[C@@H]8C(CO)O[C@H](C[C@H]8O)O[C@H]1[C@H](O)C2O)C(O)[C@H]7O)C(O)[C@H]6O)C(O)[C@H]5O)C(O)[C@H]4O)C(O)[C@H]3O)C(=O)O. The number of carbonyl (C=O) groups is 2. The summed E-state index contributed by atoms with van der Waals surface area (Å²) >= 11 is 1.67. The zero-order valence-electron chi connectivity index (χ0n) is 46.3. The van der Waals surface area contributed by atoms with Crippen LogP contribution in [0.4, 0.5) is 0 Å². The number of carboxylic acids is 2. The summed E-state index contributed by atoms with van der Waals surface area (Å²) in [4.78, 5) is 23.2. The monoisotopic (exact) mass is 1320 g/mol. The first kappa shape index (κ1) is 72.1. The third-order valence-corrected chi connectivity index (χ3v) is 18.4. The molecule has 21 fully saturated rings. The number of aliphatic hydroxyl groups excluding tert-OH is 18. The van der Waals surface area contributed by atoms with Gasteiger partial charge in [-0.05, 0) is 0 Å². The molecule has 21 aliphatic heterocycles. The summed E-state index contributed by atoms with van der Waals surface area (Å²) < 4.78 is 82.2. The van der Waals surface area contributed by atoms with Crippen molar-refractivity contribution in [3.63, 3.8) is 0 Å². The summed E-state index contributed by atoms with van der Waals surface area (Å²) in [5, 5.41) is 221. The number of thioether (sulfide) groups is 2. The van der Waals surface area contributed by atoms with E-state index in [0.717, 1.165) is 23.5 Å². The molecule has 0 amide bonds. The molecule has 510 valence electrons. The van der Waals surface area contributed by atoms with E-state index in [-0.39, 0.29) is 23.0 Å². The Morgan fingerprint density at radius 2 is 0.557 bits per heavy atom. The van der Waals surface area contributed by atoms with Crippen LogP contribution in [0.15, 0.2) is 0 Å². The molecule has 0 aromatic heterocycles. The van der Waals surface area contributed by atoms with Crippen LogP contribution in [-0.4, -0.2) is 391 Å². The van der Waals surface area contributed by atoms with Gasteiger partial charge >= 0.3 is 11.9 Å². The summed E-state index contributed by atoms with van der Waals surface area (Å²) in [6.45, 7) is -5.19. The number of aliphatic carboxylic acids is 2. The first-order valence-corrected chi connectivity index (χ1v) is 30.3. The molecule has 14 bridgehead atoms. The Labute approximate surface area is 507 Å². The molecule has 21 rings (SSSR count). The van der Waals surface area contributed by atoms with Gasteiger partial charge in [-0.2, -0.15) is 23.5 Å². The van der Waals surface area contributed by atoms with E-state index >= 15 is 0 Å². The van der Waals surface area contributed by atoms with Crippen LogP contribution in [0.5, 0.6) is 0 Å². The number of ether oxygens (including phenoxy) is 14. The lowest BCUT2D eigenvalue weighted by Crippen LogP contribution is -2.68. The number of aliphatic hydroxyl groups is 18. The van der Waals surface area contributed by atoms with Crippen molar-refractivity contribution in [2.45, 2.75) is 227 Å². The Bertz CT molecular complexity index is 2190. The van der Waals surface area contributed by atoms with Gasteiger partial charge in [-0.25, -0.2) is 0 Å². The average Bonchev–Trinajstić information content (AvgIpc) is 1.73. The van der Waals surface area contributed by atoms with E-state index < -0.39 is 272 Å². The second-order valence-electron chi connectivity index (χ2n) is 22.1. The predicted octanol–water partition coefficient (Wildman–Crippen LogP) is -13.9. The van der Waals surface area contributed by atoms with Crippen LogP contribution in [0.2, 0.25) is 0 Å². The van der Waals surface area contributed by atoms with Gasteiger partial charge in [0.15, 0.2) is 44.0 Å². The Hall–Kier alpha value is -1.72. The topological polar surface area (TPSA) is 620 Å². The maximum absolute atomic E-state index is 11.7. The zero-order valence-corrected chi connectivity index (χ0v) is 47.9.